The summed E-state index contributed by atoms with van der Waals surface area (Å²) >= 11 is 0. The van der Waals surface area contributed by atoms with Crippen molar-refractivity contribution in [2.75, 3.05) is 44.7 Å². The zero-order chi connectivity index (χ0) is 14.4. The Kier molecular flexibility index (Phi) is 5.31. The number of methoxy groups -OCH3 is 1. The van der Waals surface area contributed by atoms with Crippen LogP contribution in [0.15, 0.2) is 24.4 Å². The van der Waals surface area contributed by atoms with E-state index in [0.717, 1.165) is 32.0 Å². The number of hydrogen-bond acceptors (Lipinski definition) is 5. The quantitative estimate of drug-likeness (QED) is 0.827. The van der Waals surface area contributed by atoms with Crippen molar-refractivity contribution in [1.82, 2.24) is 9.88 Å². The average Bonchev–Trinajstić information content (AvgIpc) is 2.53. The Hall–Kier alpha value is -1.66. The van der Waals surface area contributed by atoms with Gasteiger partial charge < -0.3 is 20.3 Å². The second-order valence-corrected chi connectivity index (χ2v) is 4.85. The van der Waals surface area contributed by atoms with Gasteiger partial charge in [0.2, 0.25) is 5.91 Å². The highest BCUT2D eigenvalue weighted by atomic mass is 16.5. The first-order valence-electron chi connectivity index (χ1n) is 6.91. The van der Waals surface area contributed by atoms with Gasteiger partial charge in [0.25, 0.3) is 0 Å². The Morgan fingerprint density at radius 2 is 2.15 bits per heavy atom. The highest BCUT2D eigenvalue weighted by Gasteiger charge is 2.23. The van der Waals surface area contributed by atoms with Gasteiger partial charge >= 0.3 is 0 Å². The third-order valence-corrected chi connectivity index (χ3v) is 3.60. The smallest absolute Gasteiger partial charge is 0.225 e. The zero-order valence-electron chi connectivity index (χ0n) is 11.9. The fourth-order valence-corrected chi connectivity index (χ4v) is 2.31. The summed E-state index contributed by atoms with van der Waals surface area (Å²) in [6.07, 6.45) is 1.96. The van der Waals surface area contributed by atoms with Crippen molar-refractivity contribution in [3.63, 3.8) is 0 Å². The van der Waals surface area contributed by atoms with Crippen molar-refractivity contribution in [2.45, 2.75) is 12.5 Å². The summed E-state index contributed by atoms with van der Waals surface area (Å²) in [5, 5.41) is 0. The van der Waals surface area contributed by atoms with Crippen LogP contribution in [0.25, 0.3) is 0 Å². The summed E-state index contributed by atoms with van der Waals surface area (Å²) in [6.45, 7) is 3.43. The van der Waals surface area contributed by atoms with Gasteiger partial charge in [-0.15, -0.1) is 0 Å². The molecule has 2 rings (SSSR count). The van der Waals surface area contributed by atoms with Gasteiger partial charge in [-0.3, -0.25) is 4.79 Å². The molecule has 0 aliphatic carbocycles. The van der Waals surface area contributed by atoms with Crippen LogP contribution >= 0.6 is 0 Å². The van der Waals surface area contributed by atoms with Crippen molar-refractivity contribution >= 4 is 11.7 Å². The minimum absolute atomic E-state index is 0.114. The Labute approximate surface area is 119 Å². The molecule has 6 nitrogen and oxygen atoms in total. The van der Waals surface area contributed by atoms with E-state index in [1.54, 1.807) is 13.3 Å². The molecule has 1 saturated heterocycles. The van der Waals surface area contributed by atoms with Crippen LogP contribution < -0.4 is 10.6 Å². The molecule has 2 N–H and O–H groups in total. The van der Waals surface area contributed by atoms with E-state index in [2.05, 4.69) is 9.88 Å². The van der Waals surface area contributed by atoms with E-state index in [1.807, 2.05) is 23.1 Å². The predicted octanol–water partition coefficient (Wildman–Crippen LogP) is 0.0940. The summed E-state index contributed by atoms with van der Waals surface area (Å²) in [4.78, 5) is 20.5. The number of nitrogens with two attached hydrogens (primary N) is 1. The molecule has 1 atom stereocenters. The van der Waals surface area contributed by atoms with Gasteiger partial charge in [-0.25, -0.2) is 4.98 Å². The molecule has 2 heterocycles. The van der Waals surface area contributed by atoms with E-state index >= 15 is 0 Å². The number of carbonyl (C=O) groups excluding carboxylic acids is 1. The summed E-state index contributed by atoms with van der Waals surface area (Å²) < 4.78 is 5.16. The number of aromatic nitrogens is 1. The SMILES string of the molecule is COC(CN)CC(=O)N1CCN(c2ccccn2)CC1. The number of hydrogen-bond donors (Lipinski definition) is 1. The first-order chi connectivity index (χ1) is 9.74. The number of carbonyl (C=O) groups is 1. The van der Waals surface area contributed by atoms with Gasteiger partial charge in [-0.05, 0) is 12.1 Å². The topological polar surface area (TPSA) is 71.7 Å². The molecule has 110 valence electrons. The molecule has 1 unspecified atom stereocenters. The molecule has 0 aromatic carbocycles. The largest absolute Gasteiger partial charge is 0.380 e. The fourth-order valence-electron chi connectivity index (χ4n) is 2.31. The number of rotatable bonds is 5. The van der Waals surface area contributed by atoms with Crippen molar-refractivity contribution in [2.24, 2.45) is 5.73 Å². The summed E-state index contributed by atoms with van der Waals surface area (Å²) in [7, 11) is 1.59. The van der Waals surface area contributed by atoms with Gasteiger partial charge in [-0.1, -0.05) is 6.07 Å². The molecule has 6 heteroatoms. The first kappa shape index (κ1) is 14.7. The van der Waals surface area contributed by atoms with Crippen molar-refractivity contribution in [1.29, 1.82) is 0 Å². The number of piperazine rings is 1. The van der Waals surface area contributed by atoms with Gasteiger partial charge in [-0.2, -0.15) is 0 Å². The van der Waals surface area contributed by atoms with E-state index in [-0.39, 0.29) is 12.0 Å². The standard InChI is InChI=1S/C14H22N4O2/c1-20-12(11-15)10-14(19)18-8-6-17(7-9-18)13-4-2-3-5-16-13/h2-5,12H,6-11,15H2,1H3. The number of pyridine rings is 1. The lowest BCUT2D eigenvalue weighted by molar-refractivity contribution is -0.133. The van der Waals surface area contributed by atoms with Crippen LogP contribution in [-0.4, -0.2) is 61.7 Å². The van der Waals surface area contributed by atoms with Crippen LogP contribution in [0.3, 0.4) is 0 Å². The Balaban J connectivity index is 1.83. The lowest BCUT2D eigenvalue weighted by Crippen LogP contribution is -2.49. The normalized spacial score (nSPS) is 17.1. The summed E-state index contributed by atoms with van der Waals surface area (Å²) in [6, 6.07) is 5.87. The molecule has 1 fully saturated rings. The van der Waals surface area contributed by atoms with Crippen LogP contribution in [0.5, 0.6) is 0 Å². The maximum Gasteiger partial charge on any atom is 0.225 e. The highest BCUT2D eigenvalue weighted by molar-refractivity contribution is 5.77. The third-order valence-electron chi connectivity index (χ3n) is 3.60. The highest BCUT2D eigenvalue weighted by Crippen LogP contribution is 2.13. The molecule has 1 aromatic rings. The maximum absolute atomic E-state index is 12.1. The van der Waals surface area contributed by atoms with E-state index in [9.17, 15) is 4.79 Å². The number of nitrogens with zero attached hydrogens (tertiary/aromatic N) is 3. The van der Waals surface area contributed by atoms with Crippen molar-refractivity contribution < 1.29 is 9.53 Å². The Morgan fingerprint density at radius 1 is 1.40 bits per heavy atom. The van der Waals surface area contributed by atoms with Gasteiger partial charge in [0.15, 0.2) is 0 Å². The molecule has 20 heavy (non-hydrogen) atoms. The first-order valence-corrected chi connectivity index (χ1v) is 6.91. The fraction of sp³-hybridized carbons (Fsp3) is 0.571. The Bertz CT molecular complexity index is 414. The molecule has 0 bridgehead atoms. The van der Waals surface area contributed by atoms with Gasteiger partial charge in [0.05, 0.1) is 12.5 Å². The monoisotopic (exact) mass is 278 g/mol. The van der Waals surface area contributed by atoms with Gasteiger partial charge in [0.1, 0.15) is 5.82 Å². The van der Waals surface area contributed by atoms with Crippen LogP contribution in [0.1, 0.15) is 6.42 Å². The van der Waals surface area contributed by atoms with Crippen molar-refractivity contribution in [3.8, 4) is 0 Å². The molecule has 1 aromatic heterocycles. The zero-order valence-corrected chi connectivity index (χ0v) is 11.9. The second kappa shape index (κ2) is 7.21. The van der Waals surface area contributed by atoms with E-state index in [4.69, 9.17) is 10.5 Å². The third kappa shape index (κ3) is 3.68. The molecule has 1 aliphatic rings. The van der Waals surface area contributed by atoms with Crippen LogP contribution in [0.4, 0.5) is 5.82 Å². The molecule has 1 amide bonds. The predicted molar refractivity (Wildman–Crippen MR) is 77.5 cm³/mol. The lowest BCUT2D eigenvalue weighted by Gasteiger charge is -2.35. The van der Waals surface area contributed by atoms with E-state index < -0.39 is 0 Å². The second-order valence-electron chi connectivity index (χ2n) is 4.85. The molecular weight excluding hydrogens is 256 g/mol. The average molecular weight is 278 g/mol. The Morgan fingerprint density at radius 3 is 2.70 bits per heavy atom. The molecule has 0 saturated carbocycles. The summed E-state index contributed by atoms with van der Waals surface area (Å²) in [5.74, 6) is 1.08. The number of amides is 1. The van der Waals surface area contributed by atoms with Crippen LogP contribution in [-0.2, 0) is 9.53 Å². The van der Waals surface area contributed by atoms with Crippen molar-refractivity contribution in [3.05, 3.63) is 24.4 Å². The van der Waals surface area contributed by atoms with E-state index in [1.165, 1.54) is 0 Å². The minimum atomic E-state index is -0.184. The number of anilines is 1. The lowest BCUT2D eigenvalue weighted by atomic mass is 10.2. The molecule has 1 aliphatic heterocycles. The van der Waals surface area contributed by atoms with E-state index in [0.29, 0.717) is 13.0 Å². The summed E-state index contributed by atoms with van der Waals surface area (Å²) in [5.41, 5.74) is 5.55. The van der Waals surface area contributed by atoms with Crippen LogP contribution in [0, 0.1) is 0 Å². The molecule has 0 spiro atoms. The molecule has 0 radical (unpaired) electrons. The van der Waals surface area contributed by atoms with Crippen LogP contribution in [0.2, 0.25) is 0 Å². The van der Waals surface area contributed by atoms with Gasteiger partial charge in [0, 0.05) is 46.0 Å². The number of ether oxygens (including phenoxy) is 1. The maximum atomic E-state index is 12.1. The minimum Gasteiger partial charge on any atom is -0.380 e. The molecular formula is C14H22N4O2.